The summed E-state index contributed by atoms with van der Waals surface area (Å²) in [5.41, 5.74) is 0.254. The van der Waals surface area contributed by atoms with Gasteiger partial charge in [0.05, 0.1) is 5.02 Å². The van der Waals surface area contributed by atoms with Crippen molar-refractivity contribution >= 4 is 17.4 Å². The molecule has 2 atom stereocenters. The van der Waals surface area contributed by atoms with E-state index in [1.807, 2.05) is 19.1 Å². The molecule has 0 bridgehead atoms. The maximum atomic E-state index is 8.98. The lowest BCUT2D eigenvalue weighted by atomic mass is 10.0. The van der Waals surface area contributed by atoms with Gasteiger partial charge in [-0.05, 0) is 37.3 Å². The molecule has 1 aliphatic rings. The highest BCUT2D eigenvalue weighted by Gasteiger charge is 2.26. The summed E-state index contributed by atoms with van der Waals surface area (Å²) in [7, 11) is 0. The Hall–Kier alpha value is -2.13. The Kier molecular flexibility index (Phi) is 4.77. The van der Waals surface area contributed by atoms with Gasteiger partial charge in [0.15, 0.2) is 5.69 Å². The Labute approximate surface area is 139 Å². The van der Waals surface area contributed by atoms with Crippen molar-refractivity contribution in [1.82, 2.24) is 15.2 Å². The predicted molar refractivity (Wildman–Crippen MR) is 86.1 cm³/mol. The fourth-order valence-corrected chi connectivity index (χ4v) is 3.11. The van der Waals surface area contributed by atoms with E-state index in [0.717, 1.165) is 38.0 Å². The van der Waals surface area contributed by atoms with Crippen LogP contribution in [0.15, 0.2) is 16.5 Å². The number of aromatic nitrogens is 3. The quantitative estimate of drug-likeness (QED) is 0.903. The molecule has 1 N–H and O–H groups in total. The van der Waals surface area contributed by atoms with E-state index in [0.29, 0.717) is 28.7 Å². The molecule has 2 aromatic rings. The van der Waals surface area contributed by atoms with Gasteiger partial charge in [0.2, 0.25) is 11.8 Å². The van der Waals surface area contributed by atoms with Crippen LogP contribution in [0.3, 0.4) is 0 Å². The van der Waals surface area contributed by atoms with E-state index in [4.69, 9.17) is 21.3 Å². The smallest absolute Gasteiger partial charge is 0.216 e. The molecule has 1 aliphatic carbocycles. The number of hydrogen-bond acceptors (Lipinski definition) is 6. The standard InChI is InChI=1S/C16H18ClN5O/c1-2-15-21-22-16(23-15)8-10-3-4-11(7-10)19-14-6-5-12(17)13(9-18)20-14/h5-6,10-11H,2-4,7-8H2,1H3,(H,19,20)/t10-,11+/m1/s1. The lowest BCUT2D eigenvalue weighted by Crippen LogP contribution is -2.17. The molecule has 0 aliphatic heterocycles. The molecular formula is C16H18ClN5O. The minimum absolute atomic E-state index is 0.254. The Morgan fingerprint density at radius 1 is 1.35 bits per heavy atom. The predicted octanol–water partition coefficient (Wildman–Crippen LogP) is 3.38. The van der Waals surface area contributed by atoms with Gasteiger partial charge in [-0.1, -0.05) is 18.5 Å². The van der Waals surface area contributed by atoms with Crippen molar-refractivity contribution in [2.45, 2.75) is 45.1 Å². The van der Waals surface area contributed by atoms with Crippen LogP contribution < -0.4 is 5.32 Å². The summed E-state index contributed by atoms with van der Waals surface area (Å²) in [6, 6.07) is 5.85. The maximum Gasteiger partial charge on any atom is 0.216 e. The molecule has 0 unspecified atom stereocenters. The molecule has 0 amide bonds. The second-order valence-corrected chi connectivity index (χ2v) is 6.21. The molecule has 23 heavy (non-hydrogen) atoms. The molecule has 2 aromatic heterocycles. The molecule has 1 fully saturated rings. The first-order chi connectivity index (χ1) is 11.2. The Morgan fingerprint density at radius 2 is 2.17 bits per heavy atom. The van der Waals surface area contributed by atoms with Crippen molar-refractivity contribution in [3.05, 3.63) is 34.6 Å². The van der Waals surface area contributed by atoms with Gasteiger partial charge in [0, 0.05) is 18.9 Å². The Balaban J connectivity index is 1.56. The van der Waals surface area contributed by atoms with Gasteiger partial charge in [-0.15, -0.1) is 10.2 Å². The molecule has 0 aromatic carbocycles. The molecular weight excluding hydrogens is 314 g/mol. The first kappa shape index (κ1) is 15.8. The molecule has 7 heteroatoms. The van der Waals surface area contributed by atoms with Crippen LogP contribution in [-0.2, 0) is 12.8 Å². The van der Waals surface area contributed by atoms with Crippen molar-refractivity contribution in [2.75, 3.05) is 5.32 Å². The van der Waals surface area contributed by atoms with E-state index in [-0.39, 0.29) is 5.69 Å². The van der Waals surface area contributed by atoms with Crippen LogP contribution in [0.2, 0.25) is 5.02 Å². The zero-order chi connectivity index (χ0) is 16.2. The number of pyridine rings is 1. The summed E-state index contributed by atoms with van der Waals surface area (Å²) in [6.45, 7) is 2.00. The average Bonchev–Trinajstić information content (AvgIpc) is 3.19. The molecule has 0 saturated heterocycles. The third-order valence-corrected chi connectivity index (χ3v) is 4.42. The van der Waals surface area contributed by atoms with Crippen LogP contribution in [0.4, 0.5) is 5.82 Å². The summed E-state index contributed by atoms with van der Waals surface area (Å²) >= 11 is 5.90. The van der Waals surface area contributed by atoms with Gasteiger partial charge < -0.3 is 9.73 Å². The van der Waals surface area contributed by atoms with Crippen LogP contribution in [0.1, 0.15) is 43.7 Å². The van der Waals surface area contributed by atoms with Crippen molar-refractivity contribution in [3.8, 4) is 6.07 Å². The number of hydrogen-bond donors (Lipinski definition) is 1. The van der Waals surface area contributed by atoms with Crippen molar-refractivity contribution in [3.63, 3.8) is 0 Å². The Bertz CT molecular complexity index is 724. The van der Waals surface area contributed by atoms with E-state index >= 15 is 0 Å². The van der Waals surface area contributed by atoms with Gasteiger partial charge in [-0.25, -0.2) is 4.98 Å². The number of anilines is 1. The first-order valence-electron chi connectivity index (χ1n) is 7.82. The molecule has 0 radical (unpaired) electrons. The summed E-state index contributed by atoms with van der Waals surface area (Å²) in [6.07, 6.45) is 4.79. The normalized spacial score (nSPS) is 20.4. The SMILES string of the molecule is CCc1nnc(C[C@@H]2CC[C@H](Nc3ccc(Cl)c(C#N)n3)C2)o1. The highest BCUT2D eigenvalue weighted by Crippen LogP contribution is 2.30. The van der Waals surface area contributed by atoms with Crippen LogP contribution in [0.5, 0.6) is 0 Å². The fourth-order valence-electron chi connectivity index (χ4n) is 2.96. The van der Waals surface area contributed by atoms with Crippen molar-refractivity contribution in [1.29, 1.82) is 5.26 Å². The summed E-state index contributed by atoms with van der Waals surface area (Å²) in [4.78, 5) is 4.23. The second kappa shape index (κ2) is 6.97. The van der Waals surface area contributed by atoms with Gasteiger partial charge in [-0.3, -0.25) is 0 Å². The molecule has 120 valence electrons. The summed E-state index contributed by atoms with van der Waals surface area (Å²) in [5.74, 6) is 2.65. The zero-order valence-electron chi connectivity index (χ0n) is 12.9. The van der Waals surface area contributed by atoms with Crippen LogP contribution in [0.25, 0.3) is 0 Å². The highest BCUT2D eigenvalue weighted by molar-refractivity contribution is 6.31. The van der Waals surface area contributed by atoms with E-state index in [2.05, 4.69) is 20.5 Å². The summed E-state index contributed by atoms with van der Waals surface area (Å²) in [5, 5.41) is 20.8. The van der Waals surface area contributed by atoms with E-state index in [9.17, 15) is 0 Å². The lowest BCUT2D eigenvalue weighted by Gasteiger charge is -2.13. The molecule has 6 nitrogen and oxygen atoms in total. The Morgan fingerprint density at radius 3 is 2.91 bits per heavy atom. The topological polar surface area (TPSA) is 87.6 Å². The van der Waals surface area contributed by atoms with E-state index in [1.165, 1.54) is 0 Å². The molecule has 1 saturated carbocycles. The maximum absolute atomic E-state index is 8.98. The minimum Gasteiger partial charge on any atom is -0.425 e. The van der Waals surface area contributed by atoms with E-state index < -0.39 is 0 Å². The number of halogens is 1. The number of rotatable bonds is 5. The van der Waals surface area contributed by atoms with E-state index in [1.54, 1.807) is 6.07 Å². The number of aryl methyl sites for hydroxylation is 1. The molecule has 3 rings (SSSR count). The average molecular weight is 332 g/mol. The molecule has 2 heterocycles. The van der Waals surface area contributed by atoms with Crippen LogP contribution in [-0.4, -0.2) is 21.2 Å². The first-order valence-corrected chi connectivity index (χ1v) is 8.20. The zero-order valence-corrected chi connectivity index (χ0v) is 13.7. The minimum atomic E-state index is 0.254. The number of nitrogens with one attached hydrogen (secondary N) is 1. The van der Waals surface area contributed by atoms with Crippen LogP contribution in [0, 0.1) is 17.2 Å². The monoisotopic (exact) mass is 331 g/mol. The second-order valence-electron chi connectivity index (χ2n) is 5.81. The number of nitriles is 1. The van der Waals surface area contributed by atoms with Crippen molar-refractivity contribution < 1.29 is 4.42 Å². The lowest BCUT2D eigenvalue weighted by molar-refractivity contribution is 0.409. The van der Waals surface area contributed by atoms with Gasteiger partial charge in [-0.2, -0.15) is 5.26 Å². The summed E-state index contributed by atoms with van der Waals surface area (Å²) < 4.78 is 5.59. The van der Waals surface area contributed by atoms with Crippen LogP contribution >= 0.6 is 11.6 Å². The third kappa shape index (κ3) is 3.80. The highest BCUT2D eigenvalue weighted by atomic mass is 35.5. The van der Waals surface area contributed by atoms with Crippen molar-refractivity contribution in [2.24, 2.45) is 5.92 Å². The van der Waals surface area contributed by atoms with Gasteiger partial charge in [0.25, 0.3) is 0 Å². The number of nitrogens with zero attached hydrogens (tertiary/aromatic N) is 4. The van der Waals surface area contributed by atoms with Gasteiger partial charge >= 0.3 is 0 Å². The fraction of sp³-hybridized carbons (Fsp3) is 0.500. The molecule has 0 spiro atoms. The van der Waals surface area contributed by atoms with Gasteiger partial charge in [0.1, 0.15) is 11.9 Å². The largest absolute Gasteiger partial charge is 0.425 e. The third-order valence-electron chi connectivity index (χ3n) is 4.12.